The number of hydrogen-bond donors (Lipinski definition) is 0. The molecule has 1 aliphatic rings. The van der Waals surface area contributed by atoms with E-state index >= 15 is 0 Å². The lowest BCUT2D eigenvalue weighted by atomic mass is 9.76. The van der Waals surface area contributed by atoms with Gasteiger partial charge in [0.25, 0.3) is 0 Å². The van der Waals surface area contributed by atoms with Crippen LogP contribution in [0, 0.1) is 11.8 Å². The van der Waals surface area contributed by atoms with Gasteiger partial charge >= 0.3 is 0 Å². The zero-order valence-corrected chi connectivity index (χ0v) is 10.4. The van der Waals surface area contributed by atoms with Gasteiger partial charge in [0.2, 0.25) is 0 Å². The van der Waals surface area contributed by atoms with Crippen LogP contribution in [0.4, 0.5) is 0 Å². The molecule has 1 rings (SSSR count). The fourth-order valence-electron chi connectivity index (χ4n) is 2.70. The molecule has 0 unspecified atom stereocenters. The normalized spacial score (nSPS) is 26.9. The van der Waals surface area contributed by atoms with E-state index in [-0.39, 0.29) is 0 Å². The van der Waals surface area contributed by atoms with Gasteiger partial charge in [-0.15, -0.1) is 0 Å². The maximum atomic E-state index is 12.1. The van der Waals surface area contributed by atoms with Gasteiger partial charge in [0.1, 0.15) is 5.78 Å². The highest BCUT2D eigenvalue weighted by atomic mass is 16.1. The van der Waals surface area contributed by atoms with Crippen LogP contribution < -0.4 is 0 Å². The summed E-state index contributed by atoms with van der Waals surface area (Å²) < 4.78 is 0. The van der Waals surface area contributed by atoms with Crippen LogP contribution in [0.3, 0.4) is 0 Å². The van der Waals surface area contributed by atoms with Gasteiger partial charge in [-0.3, -0.25) is 4.79 Å². The molecule has 0 radical (unpaired) electrons. The first kappa shape index (κ1) is 12.7. The van der Waals surface area contributed by atoms with Gasteiger partial charge in [-0.05, 0) is 25.7 Å². The third-order valence-electron chi connectivity index (χ3n) is 3.72. The standard InChI is InChI=1S/C14H26O/c1-3-5-8-12-10-7-11-13(14(12)15)9-6-4-2/h12-13H,3-11H2,1-2H3/t12-,13-/m1/s1. The van der Waals surface area contributed by atoms with E-state index in [1.165, 1.54) is 44.9 Å². The predicted octanol–water partition coefficient (Wildman–Crippen LogP) is 4.35. The molecule has 0 spiro atoms. The summed E-state index contributed by atoms with van der Waals surface area (Å²) in [5, 5.41) is 0. The lowest BCUT2D eigenvalue weighted by Crippen LogP contribution is -2.28. The second-order valence-electron chi connectivity index (χ2n) is 5.01. The molecule has 0 N–H and O–H groups in total. The molecular weight excluding hydrogens is 184 g/mol. The van der Waals surface area contributed by atoms with Crippen LogP contribution in [-0.2, 0) is 4.79 Å². The predicted molar refractivity (Wildman–Crippen MR) is 64.9 cm³/mol. The van der Waals surface area contributed by atoms with E-state index in [4.69, 9.17) is 0 Å². The van der Waals surface area contributed by atoms with E-state index in [0.29, 0.717) is 17.6 Å². The quantitative estimate of drug-likeness (QED) is 0.637. The number of ketones is 1. The summed E-state index contributed by atoms with van der Waals surface area (Å²) in [5.74, 6) is 1.43. The number of carbonyl (C=O) groups is 1. The summed E-state index contributed by atoms with van der Waals surface area (Å²) in [4.78, 5) is 12.1. The van der Waals surface area contributed by atoms with Crippen molar-refractivity contribution in [1.82, 2.24) is 0 Å². The number of rotatable bonds is 6. The molecule has 0 saturated heterocycles. The Morgan fingerprint density at radius 2 is 1.47 bits per heavy atom. The van der Waals surface area contributed by atoms with Crippen LogP contribution in [0.1, 0.15) is 71.6 Å². The van der Waals surface area contributed by atoms with Gasteiger partial charge in [-0.25, -0.2) is 0 Å². The van der Waals surface area contributed by atoms with Crippen molar-refractivity contribution in [3.05, 3.63) is 0 Å². The zero-order valence-electron chi connectivity index (χ0n) is 10.4. The van der Waals surface area contributed by atoms with Crippen LogP contribution in [0.25, 0.3) is 0 Å². The second kappa shape index (κ2) is 7.03. The molecule has 1 aliphatic carbocycles. The molecular formula is C14H26O. The first-order chi connectivity index (χ1) is 7.29. The van der Waals surface area contributed by atoms with Crippen molar-refractivity contribution in [2.45, 2.75) is 71.6 Å². The largest absolute Gasteiger partial charge is 0.299 e. The number of unbranched alkanes of at least 4 members (excludes halogenated alkanes) is 2. The van der Waals surface area contributed by atoms with Gasteiger partial charge in [-0.2, -0.15) is 0 Å². The minimum Gasteiger partial charge on any atom is -0.299 e. The van der Waals surface area contributed by atoms with Gasteiger partial charge in [0.05, 0.1) is 0 Å². The highest BCUT2D eigenvalue weighted by Crippen LogP contribution is 2.31. The van der Waals surface area contributed by atoms with Crippen LogP contribution >= 0.6 is 0 Å². The van der Waals surface area contributed by atoms with Crippen molar-refractivity contribution >= 4 is 5.78 Å². The molecule has 1 saturated carbocycles. The minimum atomic E-state index is 0.417. The maximum absolute atomic E-state index is 12.1. The Labute approximate surface area is 94.6 Å². The summed E-state index contributed by atoms with van der Waals surface area (Å²) >= 11 is 0. The molecule has 0 aromatic heterocycles. The molecule has 0 heterocycles. The number of Topliss-reactive ketones (excluding diaryl/α,β-unsaturated/α-hetero) is 1. The monoisotopic (exact) mass is 210 g/mol. The van der Waals surface area contributed by atoms with Gasteiger partial charge in [0, 0.05) is 11.8 Å². The van der Waals surface area contributed by atoms with Gasteiger partial charge in [-0.1, -0.05) is 46.0 Å². The van der Waals surface area contributed by atoms with Crippen molar-refractivity contribution in [3.63, 3.8) is 0 Å². The summed E-state index contributed by atoms with van der Waals surface area (Å²) in [6.45, 7) is 4.42. The van der Waals surface area contributed by atoms with E-state index in [0.717, 1.165) is 12.8 Å². The lowest BCUT2D eigenvalue weighted by Gasteiger charge is -2.27. The summed E-state index contributed by atoms with van der Waals surface area (Å²) in [6.07, 6.45) is 10.8. The summed E-state index contributed by atoms with van der Waals surface area (Å²) in [6, 6.07) is 0. The molecule has 0 aliphatic heterocycles. The minimum absolute atomic E-state index is 0.417. The molecule has 2 atom stereocenters. The Balaban J connectivity index is 2.36. The SMILES string of the molecule is CCCC[C@@H]1CCC[C@@H](CCCC)C1=O. The van der Waals surface area contributed by atoms with E-state index in [1.807, 2.05) is 0 Å². The molecule has 1 fully saturated rings. The number of hydrogen-bond acceptors (Lipinski definition) is 1. The van der Waals surface area contributed by atoms with Gasteiger partial charge in [0.15, 0.2) is 0 Å². The molecule has 0 aromatic rings. The summed E-state index contributed by atoms with van der Waals surface area (Å²) in [5.41, 5.74) is 0. The highest BCUT2D eigenvalue weighted by molar-refractivity contribution is 5.84. The average Bonchev–Trinajstić information content (AvgIpc) is 2.26. The Morgan fingerprint density at radius 1 is 1.00 bits per heavy atom. The Kier molecular flexibility index (Phi) is 5.97. The Morgan fingerprint density at radius 3 is 1.87 bits per heavy atom. The van der Waals surface area contributed by atoms with E-state index in [2.05, 4.69) is 13.8 Å². The van der Waals surface area contributed by atoms with Crippen molar-refractivity contribution < 1.29 is 4.79 Å². The molecule has 88 valence electrons. The second-order valence-corrected chi connectivity index (χ2v) is 5.01. The zero-order chi connectivity index (χ0) is 11.1. The van der Waals surface area contributed by atoms with Crippen molar-refractivity contribution in [2.24, 2.45) is 11.8 Å². The molecule has 0 amide bonds. The number of carbonyl (C=O) groups excluding carboxylic acids is 1. The Bertz CT molecular complexity index is 168. The topological polar surface area (TPSA) is 17.1 Å². The summed E-state index contributed by atoms with van der Waals surface area (Å²) in [7, 11) is 0. The smallest absolute Gasteiger partial charge is 0.139 e. The van der Waals surface area contributed by atoms with Gasteiger partial charge < -0.3 is 0 Å². The third kappa shape index (κ3) is 3.96. The van der Waals surface area contributed by atoms with Crippen molar-refractivity contribution in [3.8, 4) is 0 Å². The van der Waals surface area contributed by atoms with Crippen LogP contribution in [0.15, 0.2) is 0 Å². The van der Waals surface area contributed by atoms with Crippen LogP contribution in [0.5, 0.6) is 0 Å². The molecule has 0 bridgehead atoms. The fourth-order valence-corrected chi connectivity index (χ4v) is 2.70. The lowest BCUT2D eigenvalue weighted by molar-refractivity contribution is -0.129. The van der Waals surface area contributed by atoms with Crippen LogP contribution in [0.2, 0.25) is 0 Å². The first-order valence-electron chi connectivity index (χ1n) is 6.83. The molecule has 0 aromatic carbocycles. The van der Waals surface area contributed by atoms with E-state index in [9.17, 15) is 4.79 Å². The molecule has 1 nitrogen and oxygen atoms in total. The Hall–Kier alpha value is -0.330. The highest BCUT2D eigenvalue weighted by Gasteiger charge is 2.29. The van der Waals surface area contributed by atoms with Crippen molar-refractivity contribution in [1.29, 1.82) is 0 Å². The van der Waals surface area contributed by atoms with E-state index < -0.39 is 0 Å². The third-order valence-corrected chi connectivity index (χ3v) is 3.72. The fraction of sp³-hybridized carbons (Fsp3) is 0.929. The molecule has 15 heavy (non-hydrogen) atoms. The van der Waals surface area contributed by atoms with E-state index in [1.54, 1.807) is 0 Å². The maximum Gasteiger partial charge on any atom is 0.139 e. The first-order valence-corrected chi connectivity index (χ1v) is 6.83. The van der Waals surface area contributed by atoms with Crippen molar-refractivity contribution in [2.75, 3.05) is 0 Å². The average molecular weight is 210 g/mol. The van der Waals surface area contributed by atoms with Crippen LogP contribution in [-0.4, -0.2) is 5.78 Å². The molecule has 1 heteroatoms.